The Morgan fingerprint density at radius 2 is 1.77 bits per heavy atom. The molecule has 0 saturated carbocycles. The van der Waals surface area contributed by atoms with E-state index in [2.05, 4.69) is 23.6 Å². The number of hydrogen-bond acceptors (Lipinski definition) is 1. The number of carbonyl (C=O) groups is 1. The predicted octanol–water partition coefficient (Wildman–Crippen LogP) is 4.64. The van der Waals surface area contributed by atoms with Crippen molar-refractivity contribution in [1.29, 1.82) is 0 Å². The van der Waals surface area contributed by atoms with Gasteiger partial charge in [0.1, 0.15) is 5.82 Å². The highest BCUT2D eigenvalue weighted by Gasteiger charge is 2.17. The molecule has 4 rings (SSSR count). The molecule has 130 valence electrons. The number of benzene rings is 3. The SMILES string of the molecule is CCc1ccccc1Cn1c2ccc(F)cc2c2c(C(N)=O)cccc21. The summed E-state index contributed by atoms with van der Waals surface area (Å²) < 4.78 is 16.1. The number of aromatic nitrogens is 1. The highest BCUT2D eigenvalue weighted by Crippen LogP contribution is 2.33. The molecule has 0 aliphatic rings. The quantitative estimate of drug-likeness (QED) is 0.575. The van der Waals surface area contributed by atoms with Gasteiger partial charge in [0.15, 0.2) is 0 Å². The Morgan fingerprint density at radius 1 is 1.00 bits per heavy atom. The fourth-order valence-corrected chi connectivity index (χ4v) is 3.72. The van der Waals surface area contributed by atoms with Gasteiger partial charge in [0, 0.05) is 28.4 Å². The lowest BCUT2D eigenvalue weighted by Crippen LogP contribution is -2.11. The van der Waals surface area contributed by atoms with Crippen LogP contribution >= 0.6 is 0 Å². The molecule has 1 heterocycles. The number of aryl methyl sites for hydroxylation is 1. The first-order valence-electron chi connectivity index (χ1n) is 8.67. The standard InChI is InChI=1S/C22H19FN2O/c1-2-14-6-3-4-7-15(14)13-25-19-11-10-16(23)12-18(19)21-17(22(24)26)8-5-9-20(21)25/h3-12H,2,13H2,1H3,(H2,24,26). The second kappa shape index (κ2) is 6.30. The molecule has 0 unspecified atom stereocenters. The number of nitrogens with two attached hydrogens (primary N) is 1. The van der Waals surface area contributed by atoms with Crippen molar-refractivity contribution in [3.63, 3.8) is 0 Å². The topological polar surface area (TPSA) is 48.0 Å². The molecule has 0 spiro atoms. The van der Waals surface area contributed by atoms with E-state index in [0.717, 1.165) is 17.5 Å². The number of carbonyl (C=O) groups excluding carboxylic acids is 1. The van der Waals surface area contributed by atoms with Crippen molar-refractivity contribution in [3.05, 3.63) is 83.2 Å². The number of fused-ring (bicyclic) bond motifs is 3. The zero-order valence-corrected chi connectivity index (χ0v) is 14.5. The summed E-state index contributed by atoms with van der Waals surface area (Å²) in [6, 6.07) is 18.5. The molecular weight excluding hydrogens is 327 g/mol. The molecular formula is C22H19FN2O. The number of nitrogens with zero attached hydrogens (tertiary/aromatic N) is 1. The highest BCUT2D eigenvalue weighted by molar-refractivity contribution is 6.17. The van der Waals surface area contributed by atoms with Crippen molar-refractivity contribution in [2.24, 2.45) is 5.73 Å². The molecule has 0 saturated heterocycles. The van der Waals surface area contributed by atoms with Crippen LogP contribution in [0.2, 0.25) is 0 Å². The first-order valence-corrected chi connectivity index (χ1v) is 8.67. The Kier molecular flexibility index (Phi) is 3.96. The summed E-state index contributed by atoms with van der Waals surface area (Å²) in [6.45, 7) is 2.78. The van der Waals surface area contributed by atoms with E-state index in [1.807, 2.05) is 24.3 Å². The summed E-state index contributed by atoms with van der Waals surface area (Å²) in [4.78, 5) is 11.9. The minimum Gasteiger partial charge on any atom is -0.366 e. The van der Waals surface area contributed by atoms with E-state index < -0.39 is 5.91 Å². The lowest BCUT2D eigenvalue weighted by molar-refractivity contribution is 0.100. The Balaban J connectivity index is 2.05. The molecule has 0 radical (unpaired) electrons. The molecule has 0 fully saturated rings. The number of hydrogen-bond donors (Lipinski definition) is 1. The second-order valence-corrected chi connectivity index (χ2v) is 6.43. The lowest BCUT2D eigenvalue weighted by Gasteiger charge is -2.11. The normalized spacial score (nSPS) is 11.3. The molecule has 1 amide bonds. The first kappa shape index (κ1) is 16.3. The van der Waals surface area contributed by atoms with E-state index in [1.54, 1.807) is 12.1 Å². The fourth-order valence-electron chi connectivity index (χ4n) is 3.72. The summed E-state index contributed by atoms with van der Waals surface area (Å²) in [5, 5.41) is 1.42. The van der Waals surface area contributed by atoms with Crippen molar-refractivity contribution in [2.75, 3.05) is 0 Å². The molecule has 0 atom stereocenters. The van der Waals surface area contributed by atoms with Crippen LogP contribution < -0.4 is 5.73 Å². The van der Waals surface area contributed by atoms with Crippen molar-refractivity contribution in [2.45, 2.75) is 19.9 Å². The minimum absolute atomic E-state index is 0.329. The Morgan fingerprint density at radius 3 is 2.50 bits per heavy atom. The summed E-state index contributed by atoms with van der Waals surface area (Å²) in [6.07, 6.45) is 0.939. The number of halogens is 1. The van der Waals surface area contributed by atoms with Crippen LogP contribution in [0.15, 0.2) is 60.7 Å². The van der Waals surface area contributed by atoms with Gasteiger partial charge in [-0.3, -0.25) is 4.79 Å². The number of primary amides is 1. The summed E-state index contributed by atoms with van der Waals surface area (Å²) in [7, 11) is 0. The van der Waals surface area contributed by atoms with Gasteiger partial charge in [-0.1, -0.05) is 37.3 Å². The van der Waals surface area contributed by atoms with E-state index in [-0.39, 0.29) is 5.82 Å². The first-order chi connectivity index (χ1) is 12.6. The molecule has 4 aromatic rings. The van der Waals surface area contributed by atoms with Crippen LogP contribution in [0.3, 0.4) is 0 Å². The molecule has 0 aliphatic heterocycles. The third-order valence-electron chi connectivity index (χ3n) is 4.95. The molecule has 3 aromatic carbocycles. The van der Waals surface area contributed by atoms with Crippen molar-refractivity contribution in [3.8, 4) is 0 Å². The molecule has 1 aromatic heterocycles. The second-order valence-electron chi connectivity index (χ2n) is 6.43. The van der Waals surface area contributed by atoms with E-state index in [4.69, 9.17) is 5.73 Å². The number of amides is 1. The van der Waals surface area contributed by atoms with Crippen molar-refractivity contribution < 1.29 is 9.18 Å². The third kappa shape index (κ3) is 2.54. The zero-order valence-electron chi connectivity index (χ0n) is 14.5. The van der Waals surface area contributed by atoms with Gasteiger partial charge in [0.05, 0.1) is 5.52 Å². The molecule has 0 aliphatic carbocycles. The maximum atomic E-state index is 13.9. The Hall–Kier alpha value is -3.14. The smallest absolute Gasteiger partial charge is 0.249 e. The Labute approximate surface area is 150 Å². The van der Waals surface area contributed by atoms with Crippen LogP contribution in [0.4, 0.5) is 4.39 Å². The van der Waals surface area contributed by atoms with E-state index in [1.165, 1.54) is 23.3 Å². The monoisotopic (exact) mass is 346 g/mol. The minimum atomic E-state index is -0.507. The van der Waals surface area contributed by atoms with E-state index >= 15 is 0 Å². The van der Waals surface area contributed by atoms with Crippen LogP contribution in [-0.4, -0.2) is 10.5 Å². The largest absolute Gasteiger partial charge is 0.366 e. The molecule has 2 N–H and O–H groups in total. The molecule has 3 nitrogen and oxygen atoms in total. The fraction of sp³-hybridized carbons (Fsp3) is 0.136. The Bertz CT molecular complexity index is 1140. The van der Waals surface area contributed by atoms with Gasteiger partial charge in [-0.2, -0.15) is 0 Å². The molecule has 0 bridgehead atoms. The number of rotatable bonds is 4. The zero-order chi connectivity index (χ0) is 18.3. The summed E-state index contributed by atoms with van der Waals surface area (Å²) in [5.41, 5.74) is 10.2. The maximum Gasteiger partial charge on any atom is 0.249 e. The van der Waals surface area contributed by atoms with Crippen LogP contribution in [0.5, 0.6) is 0 Å². The van der Waals surface area contributed by atoms with Gasteiger partial charge in [-0.05, 0) is 47.9 Å². The maximum absolute atomic E-state index is 13.9. The van der Waals surface area contributed by atoms with Crippen molar-refractivity contribution >= 4 is 27.7 Å². The van der Waals surface area contributed by atoms with Crippen LogP contribution in [-0.2, 0) is 13.0 Å². The third-order valence-corrected chi connectivity index (χ3v) is 4.95. The average Bonchev–Trinajstić information content (AvgIpc) is 2.95. The molecule has 26 heavy (non-hydrogen) atoms. The van der Waals surface area contributed by atoms with Crippen molar-refractivity contribution in [1.82, 2.24) is 4.57 Å². The van der Waals surface area contributed by atoms with Gasteiger partial charge in [0.2, 0.25) is 5.91 Å². The van der Waals surface area contributed by atoms with Gasteiger partial charge < -0.3 is 10.3 Å². The lowest BCUT2D eigenvalue weighted by atomic mass is 10.1. The summed E-state index contributed by atoms with van der Waals surface area (Å²) in [5.74, 6) is -0.836. The van der Waals surface area contributed by atoms with Crippen LogP contribution in [0, 0.1) is 5.82 Å². The van der Waals surface area contributed by atoms with Gasteiger partial charge >= 0.3 is 0 Å². The van der Waals surface area contributed by atoms with Gasteiger partial charge in [0.25, 0.3) is 0 Å². The average molecular weight is 346 g/mol. The van der Waals surface area contributed by atoms with Gasteiger partial charge in [-0.25, -0.2) is 4.39 Å². The van der Waals surface area contributed by atoms with E-state index in [0.29, 0.717) is 22.9 Å². The van der Waals surface area contributed by atoms with E-state index in [9.17, 15) is 9.18 Å². The van der Waals surface area contributed by atoms with Crippen LogP contribution in [0.1, 0.15) is 28.4 Å². The van der Waals surface area contributed by atoms with Crippen LogP contribution in [0.25, 0.3) is 21.8 Å². The molecule has 4 heteroatoms. The summed E-state index contributed by atoms with van der Waals surface area (Å²) >= 11 is 0. The highest BCUT2D eigenvalue weighted by atomic mass is 19.1. The van der Waals surface area contributed by atoms with Gasteiger partial charge in [-0.15, -0.1) is 0 Å². The predicted molar refractivity (Wildman–Crippen MR) is 103 cm³/mol.